The highest BCUT2D eigenvalue weighted by Crippen LogP contribution is 2.28. The second-order valence-electron chi connectivity index (χ2n) is 9.75. The molecule has 0 saturated carbocycles. The van der Waals surface area contributed by atoms with E-state index >= 15 is 0 Å². The van der Waals surface area contributed by atoms with Crippen LogP contribution in [0.15, 0.2) is 18.4 Å². The molecule has 0 aromatic rings. The van der Waals surface area contributed by atoms with E-state index in [-0.39, 0.29) is 67.1 Å². The molecule has 0 aliphatic carbocycles. The minimum absolute atomic E-state index is 0.0291. The molecule has 1 rings (SSSR count). The predicted molar refractivity (Wildman–Crippen MR) is 129 cm³/mol. The van der Waals surface area contributed by atoms with Gasteiger partial charge in [-0.1, -0.05) is 54.0 Å². The number of rotatable bonds is 16. The first-order valence-electron chi connectivity index (χ1n) is 12.6. The normalized spacial score (nSPS) is 23.0. The molecule has 0 aromatic heterocycles. The maximum atomic E-state index is 12.7. The van der Waals surface area contributed by atoms with E-state index in [1.165, 1.54) is 6.08 Å². The fourth-order valence-corrected chi connectivity index (χ4v) is 4.05. The van der Waals surface area contributed by atoms with E-state index in [4.69, 9.17) is 19.5 Å². The highest BCUT2D eigenvalue weighted by atomic mass is 16.7. The van der Waals surface area contributed by atoms with Crippen LogP contribution in [0.25, 0.3) is 0 Å². The van der Waals surface area contributed by atoms with Crippen LogP contribution in [0.4, 0.5) is 0 Å². The zero-order valence-electron chi connectivity index (χ0n) is 21.5. The highest BCUT2D eigenvalue weighted by Gasteiger charge is 2.31. The Labute approximate surface area is 205 Å². The number of carbonyl (C=O) groups excluding carboxylic acids is 2. The number of hydrogen-bond donors (Lipinski definition) is 1. The Morgan fingerprint density at radius 1 is 1.15 bits per heavy atom. The van der Waals surface area contributed by atoms with Crippen LogP contribution in [0.2, 0.25) is 0 Å². The molecule has 1 aliphatic rings. The van der Waals surface area contributed by atoms with Gasteiger partial charge in [0.1, 0.15) is 6.10 Å². The van der Waals surface area contributed by atoms with E-state index in [2.05, 4.69) is 32.2 Å². The zero-order chi connectivity index (χ0) is 25.7. The number of allylic oxidation sites excluding steroid dienone is 1. The van der Waals surface area contributed by atoms with Gasteiger partial charge in [0.15, 0.2) is 12.1 Å². The molecule has 0 amide bonds. The van der Waals surface area contributed by atoms with E-state index in [0.717, 1.165) is 12.8 Å². The van der Waals surface area contributed by atoms with Gasteiger partial charge in [0.05, 0.1) is 30.8 Å². The van der Waals surface area contributed by atoms with E-state index in [0.29, 0.717) is 19.4 Å². The van der Waals surface area contributed by atoms with E-state index in [9.17, 15) is 14.7 Å². The third-order valence-corrected chi connectivity index (χ3v) is 6.66. The van der Waals surface area contributed by atoms with Gasteiger partial charge in [-0.15, -0.1) is 5.73 Å². The molecule has 0 aromatic carbocycles. The second kappa shape index (κ2) is 15.8. The van der Waals surface area contributed by atoms with Gasteiger partial charge in [0.2, 0.25) is 0 Å². The molecule has 8 atom stereocenters. The zero-order valence-corrected chi connectivity index (χ0v) is 21.5. The van der Waals surface area contributed by atoms with Gasteiger partial charge < -0.3 is 19.3 Å². The van der Waals surface area contributed by atoms with Gasteiger partial charge in [-0.2, -0.15) is 5.26 Å². The Bertz CT molecular complexity index is 725. The largest absolute Gasteiger partial charge is 0.462 e. The Hall–Kier alpha value is -1.97. The molecule has 1 N–H and O–H groups in total. The number of ether oxygens (including phenoxy) is 3. The summed E-state index contributed by atoms with van der Waals surface area (Å²) in [6.45, 7) is 14.0. The molecule has 1 heterocycles. The maximum absolute atomic E-state index is 12.7. The van der Waals surface area contributed by atoms with Crippen molar-refractivity contribution >= 4 is 11.8 Å². The Morgan fingerprint density at radius 3 is 2.35 bits per heavy atom. The standard InChI is InChI=1S/C27H43NO6/c1-7-10-22(29)14-23(30)15-25(20(6)9-3)33-26(31)12-18(4)11-24(19(5)8-2)34-27-13-21(16-28)17-32-27/h10,18-21,23-25,27,30H,1,8-9,11-15,17H2,2-6H3/t18-,19-,20-,21-,23+,24-,25-,27-/m0/s1. The van der Waals surface area contributed by atoms with Gasteiger partial charge in [0, 0.05) is 31.8 Å². The Morgan fingerprint density at radius 2 is 1.79 bits per heavy atom. The third kappa shape index (κ3) is 11.0. The molecule has 34 heavy (non-hydrogen) atoms. The lowest BCUT2D eigenvalue weighted by Crippen LogP contribution is -2.32. The first kappa shape index (κ1) is 30.1. The van der Waals surface area contributed by atoms with Crippen LogP contribution in [0, 0.1) is 35.0 Å². The quantitative estimate of drug-likeness (QED) is 0.195. The van der Waals surface area contributed by atoms with Crippen LogP contribution in [-0.4, -0.2) is 48.1 Å². The number of hydrogen-bond acceptors (Lipinski definition) is 7. The average molecular weight is 478 g/mol. The number of nitrogens with zero attached hydrogens (tertiary/aromatic N) is 1. The van der Waals surface area contributed by atoms with Crippen molar-refractivity contribution in [3.05, 3.63) is 18.4 Å². The van der Waals surface area contributed by atoms with E-state index in [1.54, 1.807) is 0 Å². The SMILES string of the molecule is C=C=CC(=O)C[C@@H](O)C[C@H](OC(=O)C[C@@H](C)C[C@H](O[C@H]1C[C@@H](C#N)CO1)[C@@H](C)CC)[C@@H](C)CC. The number of aliphatic hydroxyl groups excluding tert-OH is 1. The molecule has 1 saturated heterocycles. The number of esters is 1. The topological polar surface area (TPSA) is 106 Å². The molecular weight excluding hydrogens is 434 g/mol. The van der Waals surface area contributed by atoms with E-state index < -0.39 is 12.2 Å². The van der Waals surface area contributed by atoms with Crippen molar-refractivity contribution in [3.8, 4) is 6.07 Å². The van der Waals surface area contributed by atoms with Gasteiger partial charge in [-0.3, -0.25) is 9.59 Å². The average Bonchev–Trinajstić information content (AvgIpc) is 3.24. The van der Waals surface area contributed by atoms with Crippen LogP contribution in [-0.2, 0) is 23.8 Å². The summed E-state index contributed by atoms with van der Waals surface area (Å²) in [6.07, 6.45) is 2.78. The van der Waals surface area contributed by atoms with Crippen molar-refractivity contribution in [2.45, 2.75) is 104 Å². The molecular formula is C27H43NO6. The summed E-state index contributed by atoms with van der Waals surface area (Å²) in [5, 5.41) is 19.4. The van der Waals surface area contributed by atoms with Gasteiger partial charge in [-0.25, -0.2) is 0 Å². The van der Waals surface area contributed by atoms with Crippen LogP contribution < -0.4 is 0 Å². The summed E-state index contributed by atoms with van der Waals surface area (Å²) in [5.74, 6) is -0.329. The van der Waals surface area contributed by atoms with Gasteiger partial charge in [0.25, 0.3) is 0 Å². The van der Waals surface area contributed by atoms with Crippen molar-refractivity contribution < 1.29 is 28.9 Å². The van der Waals surface area contributed by atoms with Crippen LogP contribution in [0.5, 0.6) is 0 Å². The monoisotopic (exact) mass is 477 g/mol. The minimum Gasteiger partial charge on any atom is -0.462 e. The number of carbonyl (C=O) groups is 2. The fraction of sp³-hybridized carbons (Fsp3) is 0.778. The van der Waals surface area contributed by atoms with Crippen molar-refractivity contribution in [1.82, 2.24) is 0 Å². The molecule has 7 nitrogen and oxygen atoms in total. The smallest absolute Gasteiger partial charge is 0.306 e. The van der Waals surface area contributed by atoms with Crippen molar-refractivity contribution in [2.75, 3.05) is 6.61 Å². The third-order valence-electron chi connectivity index (χ3n) is 6.66. The first-order chi connectivity index (χ1) is 16.1. The summed E-state index contributed by atoms with van der Waals surface area (Å²) >= 11 is 0. The molecule has 0 radical (unpaired) electrons. The second-order valence-corrected chi connectivity index (χ2v) is 9.75. The minimum atomic E-state index is -0.895. The summed E-state index contributed by atoms with van der Waals surface area (Å²) in [5.41, 5.74) is 2.42. The van der Waals surface area contributed by atoms with Crippen molar-refractivity contribution in [2.24, 2.45) is 23.7 Å². The predicted octanol–water partition coefficient (Wildman–Crippen LogP) is 4.73. The molecule has 1 fully saturated rings. The lowest BCUT2D eigenvalue weighted by Gasteiger charge is -2.29. The maximum Gasteiger partial charge on any atom is 0.306 e. The Kier molecular flexibility index (Phi) is 14.0. The molecule has 192 valence electrons. The fourth-order valence-electron chi connectivity index (χ4n) is 4.05. The lowest BCUT2D eigenvalue weighted by atomic mass is 9.91. The molecule has 0 unspecified atom stereocenters. The highest BCUT2D eigenvalue weighted by molar-refractivity contribution is 5.89. The Balaban J connectivity index is 2.66. The van der Waals surface area contributed by atoms with Crippen LogP contribution in [0.3, 0.4) is 0 Å². The molecule has 0 bridgehead atoms. The molecule has 0 spiro atoms. The van der Waals surface area contributed by atoms with Gasteiger partial charge in [-0.05, 0) is 24.2 Å². The first-order valence-corrected chi connectivity index (χ1v) is 12.6. The number of nitriles is 1. The number of ketones is 1. The summed E-state index contributed by atoms with van der Waals surface area (Å²) in [4.78, 5) is 24.5. The lowest BCUT2D eigenvalue weighted by molar-refractivity contribution is -0.164. The van der Waals surface area contributed by atoms with Crippen molar-refractivity contribution in [1.29, 1.82) is 5.26 Å². The summed E-state index contributed by atoms with van der Waals surface area (Å²) in [7, 11) is 0. The summed E-state index contributed by atoms with van der Waals surface area (Å²) in [6, 6.07) is 2.23. The van der Waals surface area contributed by atoms with Gasteiger partial charge >= 0.3 is 5.97 Å². The van der Waals surface area contributed by atoms with Crippen molar-refractivity contribution in [3.63, 3.8) is 0 Å². The molecule has 1 aliphatic heterocycles. The van der Waals surface area contributed by atoms with Crippen LogP contribution in [0.1, 0.15) is 79.6 Å². The van der Waals surface area contributed by atoms with E-state index in [1.807, 2.05) is 20.8 Å². The number of aliphatic hydroxyl groups is 1. The molecule has 7 heteroatoms. The van der Waals surface area contributed by atoms with Crippen LogP contribution >= 0.6 is 0 Å². The summed E-state index contributed by atoms with van der Waals surface area (Å²) < 4.78 is 17.6.